The van der Waals surface area contributed by atoms with E-state index in [1.807, 2.05) is 36.4 Å². The molecule has 0 atom stereocenters. The maximum Gasteiger partial charge on any atom is 0.121 e. The first-order valence-electron chi connectivity index (χ1n) is 8.58. The van der Waals surface area contributed by atoms with Crippen molar-refractivity contribution in [3.63, 3.8) is 0 Å². The van der Waals surface area contributed by atoms with Crippen LogP contribution >= 0.6 is 0 Å². The van der Waals surface area contributed by atoms with Crippen molar-refractivity contribution in [2.75, 3.05) is 30.2 Å². The smallest absolute Gasteiger partial charge is 0.121 e. The molecule has 0 aromatic heterocycles. The summed E-state index contributed by atoms with van der Waals surface area (Å²) in [6, 6.07) is 16.1. The topological polar surface area (TPSA) is 38.8 Å². The summed E-state index contributed by atoms with van der Waals surface area (Å²) in [5, 5.41) is 14.1. The van der Waals surface area contributed by atoms with Gasteiger partial charge >= 0.3 is 0 Å². The summed E-state index contributed by atoms with van der Waals surface area (Å²) in [5.41, 5.74) is 2.71. The zero-order valence-electron chi connectivity index (χ0n) is 14.7. The van der Waals surface area contributed by atoms with Crippen LogP contribution in [-0.4, -0.2) is 20.2 Å². The van der Waals surface area contributed by atoms with Gasteiger partial charge in [-0.3, -0.25) is 0 Å². The van der Waals surface area contributed by atoms with E-state index in [1.54, 1.807) is 7.11 Å². The fourth-order valence-corrected chi connectivity index (χ4v) is 3.45. The highest BCUT2D eigenvalue weighted by Gasteiger charge is 2.34. The number of para-hydroxylation sites is 1. The second-order valence-electron chi connectivity index (χ2n) is 6.52. The van der Waals surface area contributed by atoms with Crippen LogP contribution < -0.4 is 14.7 Å². The molecule has 0 radical (unpaired) electrons. The fourth-order valence-electron chi connectivity index (χ4n) is 3.45. The molecule has 4 nitrogen and oxygen atoms in total. The van der Waals surface area contributed by atoms with Crippen LogP contribution in [0.15, 0.2) is 48.5 Å². The Morgan fingerprint density at radius 2 is 1.71 bits per heavy atom. The summed E-state index contributed by atoms with van der Waals surface area (Å²) in [6.45, 7) is 5.69. The molecule has 0 saturated heterocycles. The molecule has 0 saturated carbocycles. The van der Waals surface area contributed by atoms with Gasteiger partial charge in [-0.2, -0.15) is 0 Å². The van der Waals surface area contributed by atoms with E-state index in [4.69, 9.17) is 4.74 Å². The van der Waals surface area contributed by atoms with Gasteiger partial charge in [-0.05, 0) is 37.1 Å². The Kier molecular flexibility index (Phi) is 4.67. The second kappa shape index (κ2) is 6.73. The highest BCUT2D eigenvalue weighted by atomic mass is 16.5. The van der Waals surface area contributed by atoms with E-state index in [1.165, 1.54) is 0 Å². The van der Waals surface area contributed by atoms with Gasteiger partial charge < -0.3 is 19.9 Å². The average molecular weight is 325 g/mol. The van der Waals surface area contributed by atoms with Crippen LogP contribution in [0.4, 0.5) is 17.1 Å². The lowest BCUT2D eigenvalue weighted by atomic mass is 9.81. The average Bonchev–Trinajstić information content (AvgIpc) is 2.77. The molecular weight excluding hydrogens is 300 g/mol. The van der Waals surface area contributed by atoms with Crippen LogP contribution in [0.25, 0.3) is 0 Å². The number of nitrogens with zero attached hydrogens (tertiary/aromatic N) is 2. The zero-order chi connectivity index (χ0) is 17.2. The van der Waals surface area contributed by atoms with Gasteiger partial charge in [0.15, 0.2) is 0 Å². The van der Waals surface area contributed by atoms with Gasteiger partial charge in [0.25, 0.3) is 0 Å². The minimum Gasteiger partial charge on any atom is -0.758 e. The van der Waals surface area contributed by atoms with Crippen molar-refractivity contribution in [3.05, 3.63) is 53.7 Å². The van der Waals surface area contributed by atoms with Crippen LogP contribution in [0.5, 0.6) is 5.75 Å². The summed E-state index contributed by atoms with van der Waals surface area (Å²) in [7, 11) is 1.63. The van der Waals surface area contributed by atoms with Gasteiger partial charge in [0.2, 0.25) is 0 Å². The Hall–Kier alpha value is -2.20. The first kappa shape index (κ1) is 16.7. The van der Waals surface area contributed by atoms with Crippen LogP contribution in [0.1, 0.15) is 26.7 Å². The fraction of sp³-hybridized carbons (Fsp3) is 0.400. The predicted octanol–water partition coefficient (Wildman–Crippen LogP) is 4.96. The molecule has 0 spiro atoms. The van der Waals surface area contributed by atoms with Crippen molar-refractivity contribution in [3.8, 4) is 5.75 Å². The number of benzene rings is 2. The molecule has 0 aliphatic carbocycles. The number of hydrogen-bond acceptors (Lipinski definition) is 4. The number of fused-ring (bicyclic) bond motifs is 1. The van der Waals surface area contributed by atoms with E-state index >= 15 is 0 Å². The van der Waals surface area contributed by atoms with Gasteiger partial charge in [-0.1, -0.05) is 32.0 Å². The monoisotopic (exact) mass is 325 g/mol. The van der Waals surface area contributed by atoms with Crippen molar-refractivity contribution >= 4 is 17.1 Å². The molecule has 0 bridgehead atoms. The number of methoxy groups -OCH3 is 1. The molecule has 0 fully saturated rings. The largest absolute Gasteiger partial charge is 0.758 e. The summed E-state index contributed by atoms with van der Waals surface area (Å²) in [5.74, 6) is 0.711. The normalized spacial score (nSPS) is 16.5. The standard InChI is InChI=1S/C20H25N2O2/c1-4-20(5-2)14-21(16-9-7-6-8-10-16)18-12-11-17(24-3)13-19(18)22(23)15-20/h6-13H,4-5,14-15H2,1-3H3/q-1. The summed E-state index contributed by atoms with van der Waals surface area (Å²) >= 11 is 0. The van der Waals surface area contributed by atoms with E-state index in [2.05, 4.69) is 30.9 Å². The number of ether oxygens (including phenoxy) is 1. The van der Waals surface area contributed by atoms with Crippen molar-refractivity contribution in [1.29, 1.82) is 0 Å². The van der Waals surface area contributed by atoms with Crippen LogP contribution in [0.2, 0.25) is 0 Å². The van der Waals surface area contributed by atoms with Gasteiger partial charge in [0.1, 0.15) is 5.75 Å². The van der Waals surface area contributed by atoms with Gasteiger partial charge in [0.05, 0.1) is 18.5 Å². The Morgan fingerprint density at radius 3 is 2.33 bits per heavy atom. The number of hydrogen-bond donors (Lipinski definition) is 0. The van der Waals surface area contributed by atoms with E-state index in [9.17, 15) is 5.21 Å². The van der Waals surface area contributed by atoms with Crippen molar-refractivity contribution in [2.24, 2.45) is 5.41 Å². The van der Waals surface area contributed by atoms with E-state index in [-0.39, 0.29) is 5.41 Å². The minimum atomic E-state index is -0.0379. The maximum absolute atomic E-state index is 12.9. The number of rotatable bonds is 4. The van der Waals surface area contributed by atoms with E-state index in [0.717, 1.165) is 35.8 Å². The van der Waals surface area contributed by atoms with Crippen LogP contribution in [0.3, 0.4) is 0 Å². The van der Waals surface area contributed by atoms with Gasteiger partial charge in [0, 0.05) is 30.3 Å². The highest BCUT2D eigenvalue weighted by molar-refractivity contribution is 5.80. The third-order valence-electron chi connectivity index (χ3n) is 5.28. The Morgan fingerprint density at radius 1 is 1.00 bits per heavy atom. The molecule has 4 heteroatoms. The number of hydroxylamine groups is 1. The third kappa shape index (κ3) is 2.94. The quantitative estimate of drug-likeness (QED) is 0.796. The lowest BCUT2D eigenvalue weighted by Gasteiger charge is -2.40. The minimum absolute atomic E-state index is 0.0379. The molecule has 2 aromatic carbocycles. The molecule has 0 unspecified atom stereocenters. The van der Waals surface area contributed by atoms with Gasteiger partial charge in [-0.25, -0.2) is 0 Å². The summed E-state index contributed by atoms with van der Waals surface area (Å²) in [6.07, 6.45) is 1.94. The van der Waals surface area contributed by atoms with Crippen LogP contribution in [0, 0.1) is 10.6 Å². The molecule has 1 heterocycles. The Labute approximate surface area is 144 Å². The molecule has 1 aliphatic rings. The molecule has 1 aliphatic heterocycles. The maximum atomic E-state index is 12.9. The SMILES string of the molecule is CCC1(CC)CN([O-])c2cc(OC)ccc2N(c2ccccc2)C1. The van der Waals surface area contributed by atoms with Crippen molar-refractivity contribution in [1.82, 2.24) is 0 Å². The third-order valence-corrected chi connectivity index (χ3v) is 5.28. The summed E-state index contributed by atoms with van der Waals surface area (Å²) < 4.78 is 5.33. The molecule has 128 valence electrons. The Balaban J connectivity index is 2.15. The first-order valence-corrected chi connectivity index (χ1v) is 8.58. The number of anilines is 3. The first-order chi connectivity index (χ1) is 11.6. The summed E-state index contributed by atoms with van der Waals surface area (Å²) in [4.78, 5) is 2.28. The molecule has 3 rings (SSSR count). The van der Waals surface area contributed by atoms with Crippen LogP contribution in [-0.2, 0) is 0 Å². The van der Waals surface area contributed by atoms with Crippen molar-refractivity contribution < 1.29 is 4.74 Å². The predicted molar refractivity (Wildman–Crippen MR) is 100 cm³/mol. The molecule has 0 amide bonds. The Bertz CT molecular complexity index is 683. The van der Waals surface area contributed by atoms with E-state index < -0.39 is 0 Å². The molecular formula is C20H25N2O2-. The van der Waals surface area contributed by atoms with E-state index in [0.29, 0.717) is 18.0 Å². The highest BCUT2D eigenvalue weighted by Crippen LogP contribution is 2.44. The lowest BCUT2D eigenvalue weighted by Crippen LogP contribution is -2.39. The second-order valence-corrected chi connectivity index (χ2v) is 6.52. The van der Waals surface area contributed by atoms with Crippen molar-refractivity contribution in [2.45, 2.75) is 26.7 Å². The molecule has 0 N–H and O–H groups in total. The molecule has 2 aromatic rings. The lowest BCUT2D eigenvalue weighted by molar-refractivity contribution is 0.286. The van der Waals surface area contributed by atoms with Gasteiger partial charge in [-0.15, -0.1) is 0 Å². The zero-order valence-corrected chi connectivity index (χ0v) is 14.7. The molecule has 24 heavy (non-hydrogen) atoms.